The molecule has 19 heavy (non-hydrogen) atoms. The second-order valence-electron chi connectivity index (χ2n) is 5.57. The Morgan fingerprint density at radius 2 is 2.00 bits per heavy atom. The lowest BCUT2D eigenvalue weighted by Gasteiger charge is -2.23. The summed E-state index contributed by atoms with van der Waals surface area (Å²) in [6.45, 7) is 6.05. The second-order valence-corrected chi connectivity index (χ2v) is 6.64. The summed E-state index contributed by atoms with van der Waals surface area (Å²) in [5.41, 5.74) is 7.16. The van der Waals surface area contributed by atoms with Crippen LogP contribution in [-0.2, 0) is 6.54 Å². The molecule has 0 aromatic carbocycles. The molecular formula is C14H26N4S. The van der Waals surface area contributed by atoms with Crippen LogP contribution in [0.4, 0.5) is 5.13 Å². The first kappa shape index (κ1) is 14.8. The molecule has 0 aliphatic heterocycles. The van der Waals surface area contributed by atoms with Crippen molar-refractivity contribution in [3.05, 3.63) is 10.6 Å². The third-order valence-corrected chi connectivity index (χ3v) is 4.60. The van der Waals surface area contributed by atoms with Gasteiger partial charge in [-0.05, 0) is 33.4 Å². The SMILES string of the molecule is CCCN(CCN(C)C)c1nc(C2CC2)c(CN)s1. The summed E-state index contributed by atoms with van der Waals surface area (Å²) in [5.74, 6) is 0.695. The highest BCUT2D eigenvalue weighted by Crippen LogP contribution is 2.44. The second kappa shape index (κ2) is 6.68. The van der Waals surface area contributed by atoms with Crippen molar-refractivity contribution in [3.8, 4) is 0 Å². The van der Waals surface area contributed by atoms with Gasteiger partial charge in [-0.15, -0.1) is 11.3 Å². The summed E-state index contributed by atoms with van der Waals surface area (Å²) < 4.78 is 0. The monoisotopic (exact) mass is 282 g/mol. The Morgan fingerprint density at radius 3 is 2.53 bits per heavy atom. The van der Waals surface area contributed by atoms with Crippen molar-refractivity contribution in [3.63, 3.8) is 0 Å². The lowest BCUT2D eigenvalue weighted by molar-refractivity contribution is 0.413. The van der Waals surface area contributed by atoms with Gasteiger partial charge in [0.25, 0.3) is 0 Å². The van der Waals surface area contributed by atoms with Gasteiger partial charge >= 0.3 is 0 Å². The number of nitrogens with two attached hydrogens (primary N) is 1. The number of hydrogen-bond acceptors (Lipinski definition) is 5. The Bertz CT molecular complexity index is 398. The van der Waals surface area contributed by atoms with Gasteiger partial charge in [-0.1, -0.05) is 6.92 Å². The fraction of sp³-hybridized carbons (Fsp3) is 0.786. The number of rotatable bonds is 8. The Kier molecular flexibility index (Phi) is 5.19. The molecule has 0 unspecified atom stereocenters. The Hall–Kier alpha value is -0.650. The summed E-state index contributed by atoms with van der Waals surface area (Å²) in [4.78, 5) is 10.8. The molecule has 1 heterocycles. The fourth-order valence-electron chi connectivity index (χ4n) is 2.20. The molecule has 2 rings (SSSR count). The van der Waals surface area contributed by atoms with E-state index in [2.05, 4.69) is 30.8 Å². The molecule has 4 nitrogen and oxygen atoms in total. The van der Waals surface area contributed by atoms with Crippen molar-refractivity contribution in [2.75, 3.05) is 38.6 Å². The average Bonchev–Trinajstić information content (AvgIpc) is 3.14. The van der Waals surface area contributed by atoms with Gasteiger partial charge in [-0.3, -0.25) is 0 Å². The molecule has 1 saturated carbocycles. The molecular weight excluding hydrogens is 256 g/mol. The van der Waals surface area contributed by atoms with Crippen LogP contribution in [0.1, 0.15) is 42.7 Å². The van der Waals surface area contributed by atoms with E-state index in [0.29, 0.717) is 12.5 Å². The molecule has 0 radical (unpaired) electrons. The molecule has 1 aromatic heterocycles. The standard InChI is InChI=1S/C14H26N4S/c1-4-7-18(9-8-17(2)3)14-16-13(11-5-6-11)12(10-15)19-14/h11H,4-10,15H2,1-3H3. The summed E-state index contributed by atoms with van der Waals surface area (Å²) in [6, 6.07) is 0. The maximum Gasteiger partial charge on any atom is 0.185 e. The zero-order valence-corrected chi connectivity index (χ0v) is 13.2. The van der Waals surface area contributed by atoms with E-state index in [1.54, 1.807) is 11.3 Å². The van der Waals surface area contributed by atoms with Gasteiger partial charge in [-0.2, -0.15) is 0 Å². The summed E-state index contributed by atoms with van der Waals surface area (Å²) in [6.07, 6.45) is 3.74. The number of hydrogen-bond donors (Lipinski definition) is 1. The largest absolute Gasteiger partial charge is 0.347 e. The smallest absolute Gasteiger partial charge is 0.185 e. The van der Waals surface area contributed by atoms with Gasteiger partial charge in [0, 0.05) is 37.0 Å². The molecule has 0 atom stereocenters. The predicted octanol–water partition coefficient (Wildman–Crippen LogP) is 2.26. The lowest BCUT2D eigenvalue weighted by Crippen LogP contribution is -2.32. The third-order valence-electron chi connectivity index (χ3n) is 3.45. The van der Waals surface area contributed by atoms with E-state index >= 15 is 0 Å². The quantitative estimate of drug-likeness (QED) is 0.794. The predicted molar refractivity (Wildman–Crippen MR) is 83.0 cm³/mol. The lowest BCUT2D eigenvalue weighted by atomic mass is 10.2. The van der Waals surface area contributed by atoms with E-state index in [1.165, 1.54) is 28.5 Å². The molecule has 5 heteroatoms. The molecule has 1 aromatic rings. The number of likely N-dealkylation sites (N-methyl/N-ethyl adjacent to an activating group) is 1. The van der Waals surface area contributed by atoms with Crippen molar-refractivity contribution in [1.82, 2.24) is 9.88 Å². The molecule has 0 spiro atoms. The number of anilines is 1. The number of aromatic nitrogens is 1. The summed E-state index contributed by atoms with van der Waals surface area (Å²) >= 11 is 1.80. The minimum atomic E-state index is 0.636. The van der Waals surface area contributed by atoms with Gasteiger partial charge in [0.15, 0.2) is 5.13 Å². The van der Waals surface area contributed by atoms with E-state index < -0.39 is 0 Å². The number of nitrogens with zero attached hydrogens (tertiary/aromatic N) is 3. The van der Waals surface area contributed by atoms with Crippen LogP contribution in [0.15, 0.2) is 0 Å². The van der Waals surface area contributed by atoms with Gasteiger partial charge in [0.2, 0.25) is 0 Å². The van der Waals surface area contributed by atoms with Gasteiger partial charge in [0.1, 0.15) is 0 Å². The zero-order valence-electron chi connectivity index (χ0n) is 12.4. The molecule has 0 bridgehead atoms. The maximum absolute atomic E-state index is 5.87. The Labute approximate surface area is 120 Å². The fourth-order valence-corrected chi connectivity index (χ4v) is 3.28. The van der Waals surface area contributed by atoms with Crippen LogP contribution < -0.4 is 10.6 Å². The number of thiazole rings is 1. The minimum Gasteiger partial charge on any atom is -0.347 e. The summed E-state index contributed by atoms with van der Waals surface area (Å²) in [5, 5.41) is 1.17. The van der Waals surface area contributed by atoms with Gasteiger partial charge in [0.05, 0.1) is 5.69 Å². The van der Waals surface area contributed by atoms with Crippen LogP contribution in [0.25, 0.3) is 0 Å². The normalized spacial score (nSPS) is 15.2. The van der Waals surface area contributed by atoms with Crippen LogP contribution in [0.2, 0.25) is 0 Å². The van der Waals surface area contributed by atoms with Crippen molar-refractivity contribution in [1.29, 1.82) is 0 Å². The highest BCUT2D eigenvalue weighted by atomic mass is 32.1. The third kappa shape index (κ3) is 3.91. The zero-order chi connectivity index (χ0) is 13.8. The van der Waals surface area contributed by atoms with Gasteiger partial charge < -0.3 is 15.5 Å². The first-order valence-corrected chi connectivity index (χ1v) is 8.06. The highest BCUT2D eigenvalue weighted by molar-refractivity contribution is 7.15. The van der Waals surface area contributed by atoms with E-state index in [0.717, 1.165) is 26.1 Å². The van der Waals surface area contributed by atoms with E-state index in [4.69, 9.17) is 10.7 Å². The molecule has 1 aliphatic carbocycles. The average molecular weight is 282 g/mol. The first-order valence-electron chi connectivity index (χ1n) is 7.25. The van der Waals surface area contributed by atoms with Gasteiger partial charge in [-0.25, -0.2) is 4.98 Å². The Morgan fingerprint density at radius 1 is 1.26 bits per heavy atom. The molecule has 108 valence electrons. The summed E-state index contributed by atoms with van der Waals surface area (Å²) in [7, 11) is 4.24. The van der Waals surface area contributed by atoms with Crippen LogP contribution >= 0.6 is 11.3 Å². The van der Waals surface area contributed by atoms with Crippen LogP contribution in [0.5, 0.6) is 0 Å². The van der Waals surface area contributed by atoms with Crippen molar-refractivity contribution in [2.24, 2.45) is 5.73 Å². The molecule has 1 aliphatic rings. The van der Waals surface area contributed by atoms with Crippen molar-refractivity contribution >= 4 is 16.5 Å². The first-order chi connectivity index (χ1) is 9.15. The van der Waals surface area contributed by atoms with E-state index in [9.17, 15) is 0 Å². The van der Waals surface area contributed by atoms with Crippen molar-refractivity contribution < 1.29 is 0 Å². The molecule has 0 saturated heterocycles. The van der Waals surface area contributed by atoms with Crippen LogP contribution in [-0.4, -0.2) is 43.6 Å². The van der Waals surface area contributed by atoms with E-state index in [-0.39, 0.29) is 0 Å². The minimum absolute atomic E-state index is 0.636. The topological polar surface area (TPSA) is 45.4 Å². The molecule has 1 fully saturated rings. The Balaban J connectivity index is 2.11. The maximum atomic E-state index is 5.87. The van der Waals surface area contributed by atoms with E-state index in [1.807, 2.05) is 0 Å². The highest BCUT2D eigenvalue weighted by Gasteiger charge is 2.30. The van der Waals surface area contributed by atoms with Crippen LogP contribution in [0, 0.1) is 0 Å². The van der Waals surface area contributed by atoms with Crippen molar-refractivity contribution in [2.45, 2.75) is 38.6 Å². The molecule has 0 amide bonds. The van der Waals surface area contributed by atoms with Crippen LogP contribution in [0.3, 0.4) is 0 Å². The molecule has 2 N–H and O–H groups in total.